The number of esters is 1. The fourth-order valence-corrected chi connectivity index (χ4v) is 1.14. The Morgan fingerprint density at radius 2 is 2.33 bits per heavy atom. The summed E-state index contributed by atoms with van der Waals surface area (Å²) in [6.07, 6.45) is 0. The number of nitrogens with zero attached hydrogens (tertiary/aromatic N) is 1. The zero-order valence-electron chi connectivity index (χ0n) is 8.14. The van der Waals surface area contributed by atoms with Gasteiger partial charge in [0.2, 0.25) is 6.04 Å². The zero-order chi connectivity index (χ0) is 11.3. The van der Waals surface area contributed by atoms with E-state index in [0.717, 1.165) is 6.07 Å². The fraction of sp³-hybridized carbons (Fsp3) is 0.300. The van der Waals surface area contributed by atoms with Gasteiger partial charge in [-0.3, -0.25) is 0 Å². The number of ether oxygens (including phenoxy) is 1. The number of nitroso groups, excluding NO2 is 1. The lowest BCUT2D eigenvalue weighted by Gasteiger charge is -2.08. The lowest BCUT2D eigenvalue weighted by atomic mass is 10.1. The normalized spacial score (nSPS) is 11.9. The van der Waals surface area contributed by atoms with E-state index in [0.29, 0.717) is 0 Å². The van der Waals surface area contributed by atoms with Gasteiger partial charge in [0.05, 0.1) is 6.61 Å². The smallest absolute Gasteiger partial charge is 0.339 e. The van der Waals surface area contributed by atoms with E-state index in [4.69, 9.17) is 0 Å². The summed E-state index contributed by atoms with van der Waals surface area (Å²) in [5, 5.41) is 2.63. The summed E-state index contributed by atoms with van der Waals surface area (Å²) in [6.45, 7) is 1.77. The minimum Gasteiger partial charge on any atom is -0.464 e. The standard InChI is InChI=1S/C10H10FNO3/c1-2-15-10(13)9(12-14)7-4-3-5-8(11)6-7/h3-6,9H,2H2,1H3. The molecule has 0 spiro atoms. The average Bonchev–Trinajstić information content (AvgIpc) is 2.19. The lowest BCUT2D eigenvalue weighted by Crippen LogP contribution is -2.13. The number of hydrogen-bond acceptors (Lipinski definition) is 4. The van der Waals surface area contributed by atoms with E-state index in [1.165, 1.54) is 18.2 Å². The van der Waals surface area contributed by atoms with Gasteiger partial charge >= 0.3 is 5.97 Å². The third-order valence-electron chi connectivity index (χ3n) is 1.78. The Morgan fingerprint density at radius 1 is 1.60 bits per heavy atom. The van der Waals surface area contributed by atoms with Gasteiger partial charge < -0.3 is 4.74 Å². The van der Waals surface area contributed by atoms with Gasteiger partial charge in [0.25, 0.3) is 0 Å². The van der Waals surface area contributed by atoms with Crippen molar-refractivity contribution >= 4 is 5.97 Å². The molecule has 0 radical (unpaired) electrons. The topological polar surface area (TPSA) is 55.7 Å². The third kappa shape index (κ3) is 2.83. The quantitative estimate of drug-likeness (QED) is 0.566. The Kier molecular flexibility index (Phi) is 3.91. The molecule has 0 aliphatic heterocycles. The predicted molar refractivity (Wildman–Crippen MR) is 51.6 cm³/mol. The van der Waals surface area contributed by atoms with Crippen molar-refractivity contribution in [3.05, 3.63) is 40.6 Å². The molecule has 0 fully saturated rings. The van der Waals surface area contributed by atoms with Crippen LogP contribution in [0.1, 0.15) is 18.5 Å². The van der Waals surface area contributed by atoms with Crippen molar-refractivity contribution in [1.29, 1.82) is 0 Å². The van der Waals surface area contributed by atoms with Crippen LogP contribution in [0.3, 0.4) is 0 Å². The van der Waals surface area contributed by atoms with Crippen molar-refractivity contribution in [3.8, 4) is 0 Å². The summed E-state index contributed by atoms with van der Waals surface area (Å²) in [4.78, 5) is 21.7. The van der Waals surface area contributed by atoms with Crippen LogP contribution in [0.5, 0.6) is 0 Å². The minimum atomic E-state index is -1.29. The van der Waals surface area contributed by atoms with Gasteiger partial charge in [0.15, 0.2) is 0 Å². The number of halogens is 1. The molecule has 0 amide bonds. The molecule has 80 valence electrons. The molecule has 1 aromatic carbocycles. The van der Waals surface area contributed by atoms with Crippen molar-refractivity contribution in [3.63, 3.8) is 0 Å². The summed E-state index contributed by atoms with van der Waals surface area (Å²) in [6, 6.07) is 3.87. The van der Waals surface area contributed by atoms with Crippen LogP contribution in [0, 0.1) is 10.7 Å². The second-order valence-corrected chi connectivity index (χ2v) is 2.81. The van der Waals surface area contributed by atoms with Crippen LogP contribution in [-0.4, -0.2) is 12.6 Å². The molecule has 5 heteroatoms. The highest BCUT2D eigenvalue weighted by Crippen LogP contribution is 2.19. The molecule has 0 heterocycles. The Morgan fingerprint density at radius 3 is 2.87 bits per heavy atom. The highest BCUT2D eigenvalue weighted by atomic mass is 19.1. The molecule has 15 heavy (non-hydrogen) atoms. The van der Waals surface area contributed by atoms with Gasteiger partial charge in [-0.2, -0.15) is 0 Å². The van der Waals surface area contributed by atoms with Crippen molar-refractivity contribution in [2.75, 3.05) is 6.61 Å². The van der Waals surface area contributed by atoms with E-state index in [9.17, 15) is 14.1 Å². The molecule has 1 aromatic rings. The zero-order valence-corrected chi connectivity index (χ0v) is 8.14. The fourth-order valence-electron chi connectivity index (χ4n) is 1.14. The van der Waals surface area contributed by atoms with Crippen LogP contribution in [0.15, 0.2) is 29.4 Å². The number of hydrogen-bond donors (Lipinski definition) is 0. The van der Waals surface area contributed by atoms with Crippen LogP contribution < -0.4 is 0 Å². The maximum atomic E-state index is 12.8. The van der Waals surface area contributed by atoms with E-state index < -0.39 is 17.8 Å². The molecule has 0 aliphatic rings. The molecule has 0 aliphatic carbocycles. The Labute approximate surface area is 86.0 Å². The molecule has 1 unspecified atom stereocenters. The van der Waals surface area contributed by atoms with E-state index in [-0.39, 0.29) is 12.2 Å². The van der Waals surface area contributed by atoms with Crippen molar-refractivity contribution < 1.29 is 13.9 Å². The van der Waals surface area contributed by atoms with E-state index >= 15 is 0 Å². The first-order chi connectivity index (χ1) is 7.19. The average molecular weight is 211 g/mol. The third-order valence-corrected chi connectivity index (χ3v) is 1.78. The molecule has 0 aromatic heterocycles. The van der Waals surface area contributed by atoms with Crippen molar-refractivity contribution in [2.45, 2.75) is 13.0 Å². The highest BCUT2D eigenvalue weighted by Gasteiger charge is 2.22. The molecule has 4 nitrogen and oxygen atoms in total. The first-order valence-corrected chi connectivity index (χ1v) is 4.43. The van der Waals surface area contributed by atoms with Crippen molar-refractivity contribution in [2.24, 2.45) is 5.18 Å². The first-order valence-electron chi connectivity index (χ1n) is 4.43. The van der Waals surface area contributed by atoms with Crippen LogP contribution in [-0.2, 0) is 9.53 Å². The van der Waals surface area contributed by atoms with Gasteiger partial charge in [-0.15, -0.1) is 4.91 Å². The van der Waals surface area contributed by atoms with Gasteiger partial charge in [-0.1, -0.05) is 12.1 Å². The highest BCUT2D eigenvalue weighted by molar-refractivity contribution is 5.77. The number of carbonyl (C=O) groups is 1. The predicted octanol–water partition coefficient (Wildman–Crippen LogP) is 2.20. The molecule has 1 rings (SSSR count). The number of benzene rings is 1. The molecule has 0 saturated carbocycles. The maximum Gasteiger partial charge on any atom is 0.339 e. The molecule has 0 bridgehead atoms. The Hall–Kier alpha value is -1.78. The Bertz CT molecular complexity index is 367. The summed E-state index contributed by atoms with van der Waals surface area (Å²) in [7, 11) is 0. The summed E-state index contributed by atoms with van der Waals surface area (Å²) in [5.41, 5.74) is 0.198. The number of carbonyl (C=O) groups excluding carboxylic acids is 1. The lowest BCUT2D eigenvalue weighted by molar-refractivity contribution is -0.144. The summed E-state index contributed by atoms with van der Waals surface area (Å²) < 4.78 is 17.5. The molecular formula is C10H10FNO3. The first kappa shape index (κ1) is 11.3. The summed E-state index contributed by atoms with van der Waals surface area (Å²) in [5.74, 6) is -1.29. The second kappa shape index (κ2) is 5.19. The maximum absolute atomic E-state index is 12.8. The van der Waals surface area contributed by atoms with E-state index in [1.807, 2.05) is 0 Å². The van der Waals surface area contributed by atoms with Gasteiger partial charge in [0.1, 0.15) is 5.82 Å². The molecular weight excluding hydrogens is 201 g/mol. The monoisotopic (exact) mass is 211 g/mol. The van der Waals surface area contributed by atoms with Gasteiger partial charge in [-0.25, -0.2) is 9.18 Å². The number of rotatable bonds is 4. The van der Waals surface area contributed by atoms with E-state index in [2.05, 4.69) is 9.91 Å². The Balaban J connectivity index is 2.92. The van der Waals surface area contributed by atoms with Gasteiger partial charge in [0, 0.05) is 0 Å². The summed E-state index contributed by atoms with van der Waals surface area (Å²) >= 11 is 0. The van der Waals surface area contributed by atoms with E-state index in [1.54, 1.807) is 6.92 Å². The molecule has 0 saturated heterocycles. The van der Waals surface area contributed by atoms with Crippen LogP contribution >= 0.6 is 0 Å². The van der Waals surface area contributed by atoms with Gasteiger partial charge in [-0.05, 0) is 29.8 Å². The van der Waals surface area contributed by atoms with Crippen molar-refractivity contribution in [1.82, 2.24) is 0 Å². The minimum absolute atomic E-state index is 0.153. The SMILES string of the molecule is CCOC(=O)C(N=O)c1cccc(F)c1. The molecule has 1 atom stereocenters. The largest absolute Gasteiger partial charge is 0.464 e. The van der Waals surface area contributed by atoms with Crippen LogP contribution in [0.2, 0.25) is 0 Å². The second-order valence-electron chi connectivity index (χ2n) is 2.81. The van der Waals surface area contributed by atoms with Crippen LogP contribution in [0.25, 0.3) is 0 Å². The van der Waals surface area contributed by atoms with Crippen LogP contribution in [0.4, 0.5) is 4.39 Å². The molecule has 0 N–H and O–H groups in total.